The van der Waals surface area contributed by atoms with Gasteiger partial charge in [-0.1, -0.05) is 95.6 Å². The van der Waals surface area contributed by atoms with Crippen molar-refractivity contribution in [3.8, 4) is 6.07 Å². The van der Waals surface area contributed by atoms with Crippen LogP contribution in [0.15, 0.2) is 35.4 Å². The van der Waals surface area contributed by atoms with Crippen molar-refractivity contribution >= 4 is 0 Å². The number of nitrogens with zero attached hydrogens (tertiary/aromatic N) is 1. The summed E-state index contributed by atoms with van der Waals surface area (Å²) in [6.07, 6.45) is 21.4. The van der Waals surface area contributed by atoms with E-state index in [0.717, 1.165) is 42.1 Å². The molecule has 2 saturated carbocycles. The van der Waals surface area contributed by atoms with Gasteiger partial charge in [0.05, 0.1) is 6.07 Å². The zero-order chi connectivity index (χ0) is 24.6. The van der Waals surface area contributed by atoms with Crippen molar-refractivity contribution in [2.75, 3.05) is 0 Å². The van der Waals surface area contributed by atoms with E-state index in [1.54, 1.807) is 5.56 Å². The van der Waals surface area contributed by atoms with Crippen molar-refractivity contribution < 1.29 is 0 Å². The third kappa shape index (κ3) is 6.81. The third-order valence-electron chi connectivity index (χ3n) is 10.3. The molecule has 0 spiro atoms. The van der Waals surface area contributed by atoms with Crippen LogP contribution in [0, 0.1) is 35.0 Å². The van der Waals surface area contributed by atoms with Crippen molar-refractivity contribution in [3.05, 3.63) is 46.5 Å². The van der Waals surface area contributed by atoms with Crippen LogP contribution in [-0.4, -0.2) is 0 Å². The molecule has 0 radical (unpaired) electrons. The summed E-state index contributed by atoms with van der Waals surface area (Å²) in [5.74, 6) is 4.63. The fraction of sp³-hybridized carbons (Fsp3) is 0.735. The Balaban J connectivity index is 1.33. The lowest BCUT2D eigenvalue weighted by Crippen LogP contribution is -2.24. The number of hydrogen-bond donors (Lipinski definition) is 0. The lowest BCUT2D eigenvalue weighted by Gasteiger charge is -2.36. The normalized spacial score (nSPS) is 30.6. The van der Waals surface area contributed by atoms with E-state index in [1.165, 1.54) is 101 Å². The molecule has 1 heteroatoms. The number of benzene rings is 1. The Bertz CT molecular complexity index is 840. The predicted octanol–water partition coefficient (Wildman–Crippen LogP) is 10.5. The first-order valence-electron chi connectivity index (χ1n) is 15.3. The molecule has 2 atom stereocenters. The van der Waals surface area contributed by atoms with E-state index in [0.29, 0.717) is 11.8 Å². The van der Waals surface area contributed by atoms with Crippen LogP contribution in [0.2, 0.25) is 0 Å². The second kappa shape index (κ2) is 13.1. The van der Waals surface area contributed by atoms with Gasteiger partial charge in [-0.05, 0) is 104 Å². The highest BCUT2D eigenvalue weighted by Gasteiger charge is 2.31. The number of unbranched alkanes of at least 4 members (excludes halogenated alkanes) is 1. The van der Waals surface area contributed by atoms with Crippen molar-refractivity contribution in [1.29, 1.82) is 5.26 Å². The minimum atomic E-state index is 0.528. The second-order valence-electron chi connectivity index (χ2n) is 12.4. The molecule has 1 aromatic rings. The van der Waals surface area contributed by atoms with Gasteiger partial charge in [0.2, 0.25) is 0 Å². The summed E-state index contributed by atoms with van der Waals surface area (Å²) < 4.78 is 0. The van der Waals surface area contributed by atoms with Gasteiger partial charge >= 0.3 is 0 Å². The third-order valence-corrected chi connectivity index (χ3v) is 10.3. The number of rotatable bonds is 9. The van der Waals surface area contributed by atoms with Crippen LogP contribution in [0.1, 0.15) is 146 Å². The molecule has 3 aliphatic carbocycles. The molecule has 0 amide bonds. The minimum absolute atomic E-state index is 0.528. The standard InChI is InChI=1S/C34H51N/c1-4-6-8-27-9-13-28(14-10-27)25(3)34-22-21-32(23-33(34)24-35)31-19-17-30(18-20-31)29-15-11-26(7-5-2)12-16-29/h17-20,25-29,32H,4-16,21-23H2,1-3H3/t25?,26-,27-,28-,29-,32?. The maximum atomic E-state index is 10.1. The second-order valence-corrected chi connectivity index (χ2v) is 12.4. The first-order chi connectivity index (χ1) is 17.1. The molecule has 2 fully saturated rings. The van der Waals surface area contributed by atoms with Crippen molar-refractivity contribution in [2.24, 2.45) is 23.7 Å². The molecular formula is C34H51N. The maximum absolute atomic E-state index is 10.1. The Morgan fingerprint density at radius 2 is 1.37 bits per heavy atom. The zero-order valence-corrected chi connectivity index (χ0v) is 23.0. The Labute approximate surface area is 216 Å². The van der Waals surface area contributed by atoms with E-state index in [9.17, 15) is 5.26 Å². The molecule has 0 aromatic heterocycles. The van der Waals surface area contributed by atoms with Gasteiger partial charge < -0.3 is 0 Å². The van der Waals surface area contributed by atoms with Crippen LogP contribution in [0.3, 0.4) is 0 Å². The van der Waals surface area contributed by atoms with Gasteiger partial charge in [-0.25, -0.2) is 0 Å². The SMILES string of the molecule is CCCC[C@H]1CC[C@H](C(C)C2=C(C#N)CC(c3ccc([C@H]4CC[C@H](CCC)CC4)cc3)CC2)CC1. The summed E-state index contributed by atoms with van der Waals surface area (Å²) >= 11 is 0. The lowest BCUT2D eigenvalue weighted by molar-refractivity contribution is 0.217. The monoisotopic (exact) mass is 473 g/mol. The molecule has 35 heavy (non-hydrogen) atoms. The number of hydrogen-bond acceptors (Lipinski definition) is 1. The predicted molar refractivity (Wildman–Crippen MR) is 149 cm³/mol. The van der Waals surface area contributed by atoms with Gasteiger partial charge in [-0.2, -0.15) is 5.26 Å². The van der Waals surface area contributed by atoms with E-state index in [-0.39, 0.29) is 0 Å². The molecule has 1 aromatic carbocycles. The van der Waals surface area contributed by atoms with Crippen LogP contribution in [0.25, 0.3) is 0 Å². The van der Waals surface area contributed by atoms with Crippen molar-refractivity contribution in [1.82, 2.24) is 0 Å². The quantitative estimate of drug-likeness (QED) is 0.350. The molecule has 0 saturated heterocycles. The van der Waals surface area contributed by atoms with E-state index in [4.69, 9.17) is 0 Å². The highest BCUT2D eigenvalue weighted by Crippen LogP contribution is 2.45. The first kappa shape index (κ1) is 26.5. The molecule has 3 aliphatic rings. The highest BCUT2D eigenvalue weighted by atomic mass is 14.4. The Kier molecular flexibility index (Phi) is 9.94. The molecule has 192 valence electrons. The van der Waals surface area contributed by atoms with Crippen LogP contribution in [-0.2, 0) is 0 Å². The number of nitriles is 1. The summed E-state index contributed by atoms with van der Waals surface area (Å²) in [6.45, 7) is 7.08. The van der Waals surface area contributed by atoms with Gasteiger partial charge in [0, 0.05) is 5.57 Å². The van der Waals surface area contributed by atoms with E-state index < -0.39 is 0 Å². The Hall–Kier alpha value is -1.55. The summed E-state index contributed by atoms with van der Waals surface area (Å²) in [5.41, 5.74) is 5.66. The average Bonchev–Trinajstić information content (AvgIpc) is 2.92. The lowest BCUT2D eigenvalue weighted by atomic mass is 9.69. The summed E-state index contributed by atoms with van der Waals surface area (Å²) in [6, 6.07) is 12.3. The average molecular weight is 474 g/mol. The fourth-order valence-corrected chi connectivity index (χ4v) is 7.85. The molecule has 0 N–H and O–H groups in total. The highest BCUT2D eigenvalue weighted by molar-refractivity contribution is 5.37. The van der Waals surface area contributed by atoms with Gasteiger partial charge in [0.15, 0.2) is 0 Å². The van der Waals surface area contributed by atoms with E-state index >= 15 is 0 Å². The van der Waals surface area contributed by atoms with Gasteiger partial charge in [-0.15, -0.1) is 0 Å². The molecule has 0 heterocycles. The van der Waals surface area contributed by atoms with E-state index in [2.05, 4.69) is 51.1 Å². The van der Waals surface area contributed by atoms with Crippen molar-refractivity contribution in [3.63, 3.8) is 0 Å². The molecule has 4 rings (SSSR count). The topological polar surface area (TPSA) is 23.8 Å². The largest absolute Gasteiger partial charge is 0.193 e. The molecular weight excluding hydrogens is 422 g/mol. The van der Waals surface area contributed by atoms with Crippen LogP contribution in [0.5, 0.6) is 0 Å². The first-order valence-corrected chi connectivity index (χ1v) is 15.3. The minimum Gasteiger partial charge on any atom is -0.193 e. The smallest absolute Gasteiger partial charge is 0.0946 e. The maximum Gasteiger partial charge on any atom is 0.0946 e. The fourth-order valence-electron chi connectivity index (χ4n) is 7.85. The van der Waals surface area contributed by atoms with Gasteiger partial charge in [-0.3, -0.25) is 0 Å². The molecule has 0 aliphatic heterocycles. The summed E-state index contributed by atoms with van der Waals surface area (Å²) in [4.78, 5) is 0. The molecule has 0 bridgehead atoms. The van der Waals surface area contributed by atoms with Crippen LogP contribution < -0.4 is 0 Å². The summed E-state index contributed by atoms with van der Waals surface area (Å²) in [7, 11) is 0. The number of allylic oxidation sites excluding steroid dienone is 2. The van der Waals surface area contributed by atoms with Gasteiger partial charge in [0.1, 0.15) is 0 Å². The van der Waals surface area contributed by atoms with Crippen molar-refractivity contribution in [2.45, 2.75) is 135 Å². The Morgan fingerprint density at radius 3 is 1.97 bits per heavy atom. The zero-order valence-electron chi connectivity index (χ0n) is 23.0. The van der Waals surface area contributed by atoms with E-state index in [1.807, 2.05) is 0 Å². The van der Waals surface area contributed by atoms with Crippen LogP contribution >= 0.6 is 0 Å². The van der Waals surface area contributed by atoms with Gasteiger partial charge in [0.25, 0.3) is 0 Å². The Morgan fingerprint density at radius 1 is 0.771 bits per heavy atom. The molecule has 1 nitrogen and oxygen atoms in total. The van der Waals surface area contributed by atoms with Crippen LogP contribution in [0.4, 0.5) is 0 Å². The summed E-state index contributed by atoms with van der Waals surface area (Å²) in [5, 5.41) is 10.1. The molecule has 2 unspecified atom stereocenters.